The molecule has 0 atom stereocenters. The molecule has 0 aliphatic rings. The number of benzene rings is 2. The molecule has 0 bridgehead atoms. The first-order chi connectivity index (χ1) is 14.0. The summed E-state index contributed by atoms with van der Waals surface area (Å²) in [7, 11) is 0. The summed E-state index contributed by atoms with van der Waals surface area (Å²) < 4.78 is 11.2. The number of aromatic nitrogens is 1. The minimum absolute atomic E-state index is 0.0129. The first kappa shape index (κ1) is 20.2. The lowest BCUT2D eigenvalue weighted by Crippen LogP contribution is -2.14. The molecule has 150 valence electrons. The Balaban J connectivity index is 1.71. The number of carbonyl (C=O) groups excluding carboxylic acids is 1. The summed E-state index contributed by atoms with van der Waals surface area (Å²) in [5, 5.41) is 6.11. The highest BCUT2D eigenvalue weighted by Crippen LogP contribution is 2.26. The van der Waals surface area contributed by atoms with Crippen LogP contribution >= 0.6 is 0 Å². The lowest BCUT2D eigenvalue weighted by atomic mass is 10.2. The Hall–Kier alpha value is -3.54. The average Bonchev–Trinajstić information content (AvgIpc) is 2.71. The monoisotopic (exact) mass is 391 g/mol. The summed E-state index contributed by atoms with van der Waals surface area (Å²) in [4.78, 5) is 17.0. The van der Waals surface area contributed by atoms with Crippen molar-refractivity contribution < 1.29 is 14.3 Å². The van der Waals surface area contributed by atoms with Crippen molar-refractivity contribution >= 4 is 23.1 Å². The number of carbonyl (C=O) groups is 1. The highest BCUT2D eigenvalue weighted by atomic mass is 16.5. The van der Waals surface area contributed by atoms with Crippen molar-refractivity contribution in [3.63, 3.8) is 0 Å². The van der Waals surface area contributed by atoms with E-state index in [2.05, 4.69) is 15.6 Å². The number of ether oxygens (including phenoxy) is 2. The maximum Gasteiger partial charge on any atom is 0.255 e. The predicted octanol–water partition coefficient (Wildman–Crippen LogP) is 5.26. The molecule has 2 N–H and O–H groups in total. The Morgan fingerprint density at radius 1 is 1.07 bits per heavy atom. The molecule has 6 heteroatoms. The highest BCUT2D eigenvalue weighted by Gasteiger charge is 2.12. The summed E-state index contributed by atoms with van der Waals surface area (Å²) in [5.74, 6) is 1.79. The van der Waals surface area contributed by atoms with E-state index < -0.39 is 0 Å². The van der Waals surface area contributed by atoms with Gasteiger partial charge in [-0.1, -0.05) is 12.1 Å². The van der Waals surface area contributed by atoms with E-state index in [9.17, 15) is 4.79 Å². The van der Waals surface area contributed by atoms with Crippen molar-refractivity contribution in [3.8, 4) is 11.5 Å². The quantitative estimate of drug-likeness (QED) is 0.548. The van der Waals surface area contributed by atoms with Crippen LogP contribution in [0.15, 0.2) is 66.9 Å². The highest BCUT2D eigenvalue weighted by molar-refractivity contribution is 6.05. The van der Waals surface area contributed by atoms with Crippen molar-refractivity contribution in [3.05, 3.63) is 72.4 Å². The Kier molecular flexibility index (Phi) is 6.68. The van der Waals surface area contributed by atoms with E-state index in [-0.39, 0.29) is 12.0 Å². The smallest absolute Gasteiger partial charge is 0.255 e. The largest absolute Gasteiger partial charge is 0.494 e. The Morgan fingerprint density at radius 2 is 1.83 bits per heavy atom. The average molecular weight is 391 g/mol. The summed E-state index contributed by atoms with van der Waals surface area (Å²) >= 11 is 0. The van der Waals surface area contributed by atoms with Gasteiger partial charge in [0, 0.05) is 17.4 Å². The van der Waals surface area contributed by atoms with Crippen LogP contribution in [-0.4, -0.2) is 23.6 Å². The standard InChI is InChI=1S/C23H25N3O3/c1-4-28-19-11-9-18(10-12-19)25-22-15-17(13-14-24-22)23(27)26-20-7-5-6-8-21(20)29-16(2)3/h5-16H,4H2,1-3H3,(H,24,25)(H,26,27). The number of anilines is 3. The zero-order valence-electron chi connectivity index (χ0n) is 16.8. The SMILES string of the molecule is CCOc1ccc(Nc2cc(C(=O)Nc3ccccc3OC(C)C)ccn2)cc1. The molecule has 3 aromatic rings. The summed E-state index contributed by atoms with van der Waals surface area (Å²) in [6.07, 6.45) is 1.61. The molecular formula is C23H25N3O3. The van der Waals surface area contributed by atoms with E-state index >= 15 is 0 Å². The van der Waals surface area contributed by atoms with Crippen molar-refractivity contribution in [1.82, 2.24) is 4.98 Å². The van der Waals surface area contributed by atoms with E-state index in [0.29, 0.717) is 29.4 Å². The van der Waals surface area contributed by atoms with Gasteiger partial charge < -0.3 is 20.1 Å². The van der Waals surface area contributed by atoms with Gasteiger partial charge in [0.05, 0.1) is 18.4 Å². The zero-order valence-corrected chi connectivity index (χ0v) is 16.8. The first-order valence-electron chi connectivity index (χ1n) is 9.58. The fourth-order valence-electron chi connectivity index (χ4n) is 2.71. The molecule has 3 rings (SSSR count). The van der Waals surface area contributed by atoms with E-state index in [0.717, 1.165) is 11.4 Å². The maximum atomic E-state index is 12.7. The molecule has 1 aromatic heterocycles. The second kappa shape index (κ2) is 9.59. The van der Waals surface area contributed by atoms with Gasteiger partial charge in [-0.15, -0.1) is 0 Å². The fraction of sp³-hybridized carbons (Fsp3) is 0.217. The number of hydrogen-bond acceptors (Lipinski definition) is 5. The predicted molar refractivity (Wildman–Crippen MR) is 115 cm³/mol. The topological polar surface area (TPSA) is 72.5 Å². The van der Waals surface area contributed by atoms with E-state index in [1.54, 1.807) is 18.3 Å². The minimum Gasteiger partial charge on any atom is -0.494 e. The number of hydrogen-bond donors (Lipinski definition) is 2. The number of amides is 1. The van der Waals surface area contributed by atoms with Crippen LogP contribution in [-0.2, 0) is 0 Å². The second-order valence-electron chi connectivity index (χ2n) is 6.63. The molecule has 0 spiro atoms. The van der Waals surface area contributed by atoms with Gasteiger partial charge in [0.15, 0.2) is 0 Å². The van der Waals surface area contributed by atoms with Gasteiger partial charge in [-0.3, -0.25) is 4.79 Å². The third-order valence-electron chi connectivity index (χ3n) is 3.96. The molecule has 0 aliphatic carbocycles. The summed E-state index contributed by atoms with van der Waals surface area (Å²) in [6.45, 7) is 6.46. The molecule has 0 aliphatic heterocycles. The molecular weight excluding hydrogens is 366 g/mol. The number of para-hydroxylation sites is 2. The molecule has 0 fully saturated rings. The van der Waals surface area contributed by atoms with Crippen LogP contribution in [0, 0.1) is 0 Å². The summed E-state index contributed by atoms with van der Waals surface area (Å²) in [5.41, 5.74) is 1.98. The third-order valence-corrected chi connectivity index (χ3v) is 3.96. The van der Waals surface area contributed by atoms with E-state index in [1.165, 1.54) is 0 Å². The molecule has 6 nitrogen and oxygen atoms in total. The van der Waals surface area contributed by atoms with Crippen LogP contribution in [0.2, 0.25) is 0 Å². The van der Waals surface area contributed by atoms with Gasteiger partial charge in [-0.2, -0.15) is 0 Å². The van der Waals surface area contributed by atoms with Crippen molar-refractivity contribution in [2.75, 3.05) is 17.2 Å². The molecule has 2 aromatic carbocycles. The molecule has 0 unspecified atom stereocenters. The zero-order chi connectivity index (χ0) is 20.6. The van der Waals surface area contributed by atoms with Crippen LogP contribution < -0.4 is 20.1 Å². The normalized spacial score (nSPS) is 10.5. The van der Waals surface area contributed by atoms with Gasteiger partial charge >= 0.3 is 0 Å². The molecule has 0 saturated carbocycles. The molecule has 0 radical (unpaired) electrons. The van der Waals surface area contributed by atoms with Gasteiger partial charge in [-0.25, -0.2) is 4.98 Å². The Morgan fingerprint density at radius 3 is 2.55 bits per heavy atom. The Labute approximate surface area is 170 Å². The van der Waals surface area contributed by atoms with Crippen molar-refractivity contribution in [2.45, 2.75) is 26.9 Å². The molecule has 1 amide bonds. The molecule has 1 heterocycles. The van der Waals surface area contributed by atoms with Crippen LogP contribution in [0.5, 0.6) is 11.5 Å². The van der Waals surface area contributed by atoms with Gasteiger partial charge in [-0.05, 0) is 69.3 Å². The van der Waals surface area contributed by atoms with E-state index in [1.807, 2.05) is 69.3 Å². The first-order valence-corrected chi connectivity index (χ1v) is 9.58. The Bertz CT molecular complexity index is 956. The summed E-state index contributed by atoms with van der Waals surface area (Å²) in [6, 6.07) is 18.3. The van der Waals surface area contributed by atoms with Crippen molar-refractivity contribution in [2.24, 2.45) is 0 Å². The fourth-order valence-corrected chi connectivity index (χ4v) is 2.71. The third kappa shape index (κ3) is 5.72. The second-order valence-corrected chi connectivity index (χ2v) is 6.63. The molecule has 0 saturated heterocycles. The number of pyridine rings is 1. The van der Waals surface area contributed by atoms with E-state index in [4.69, 9.17) is 9.47 Å². The minimum atomic E-state index is -0.234. The van der Waals surface area contributed by atoms with Crippen LogP contribution in [0.1, 0.15) is 31.1 Å². The number of rotatable bonds is 8. The lowest BCUT2D eigenvalue weighted by Gasteiger charge is -2.15. The van der Waals surface area contributed by atoms with Gasteiger partial charge in [0.1, 0.15) is 17.3 Å². The molecule has 29 heavy (non-hydrogen) atoms. The van der Waals surface area contributed by atoms with Crippen molar-refractivity contribution in [1.29, 1.82) is 0 Å². The maximum absolute atomic E-state index is 12.7. The van der Waals surface area contributed by atoms with Crippen LogP contribution in [0.3, 0.4) is 0 Å². The van der Waals surface area contributed by atoms with Gasteiger partial charge in [0.25, 0.3) is 5.91 Å². The van der Waals surface area contributed by atoms with Crippen LogP contribution in [0.4, 0.5) is 17.2 Å². The van der Waals surface area contributed by atoms with Crippen LogP contribution in [0.25, 0.3) is 0 Å². The lowest BCUT2D eigenvalue weighted by molar-refractivity contribution is 0.102. The number of nitrogens with zero attached hydrogens (tertiary/aromatic N) is 1. The van der Waals surface area contributed by atoms with Gasteiger partial charge in [0.2, 0.25) is 0 Å². The number of nitrogens with one attached hydrogen (secondary N) is 2.